The molecule has 5 heteroatoms. The number of fused-ring (bicyclic) bond motifs is 1. The average Bonchev–Trinajstić information content (AvgIpc) is 3.17. The summed E-state index contributed by atoms with van der Waals surface area (Å²) in [6.07, 6.45) is 8.14. The van der Waals surface area contributed by atoms with E-state index in [1.807, 2.05) is 29.2 Å². The van der Waals surface area contributed by atoms with Crippen molar-refractivity contribution in [1.82, 2.24) is 15.1 Å². The maximum absolute atomic E-state index is 12.5. The zero-order valence-corrected chi connectivity index (χ0v) is 13.9. The molecule has 4 rings (SSSR count). The number of hydrogen-bond acceptors (Lipinski definition) is 4. The van der Waals surface area contributed by atoms with Crippen LogP contribution in [0.15, 0.2) is 30.5 Å². The van der Waals surface area contributed by atoms with E-state index in [-0.39, 0.29) is 12.0 Å². The van der Waals surface area contributed by atoms with E-state index in [4.69, 9.17) is 4.74 Å². The van der Waals surface area contributed by atoms with E-state index >= 15 is 0 Å². The first-order valence-electron chi connectivity index (χ1n) is 8.97. The topological polar surface area (TPSA) is 55.3 Å². The molecule has 1 aliphatic carbocycles. The molecular formula is C19H23N3O2. The van der Waals surface area contributed by atoms with Gasteiger partial charge in [0.15, 0.2) is 0 Å². The SMILES string of the molecule is O=C(C1CCCC1)N1CCC(Oc2nncc3ccccc23)CC1. The zero-order valence-electron chi connectivity index (χ0n) is 13.9. The molecule has 1 aliphatic heterocycles. The van der Waals surface area contributed by atoms with Crippen LogP contribution in [0.25, 0.3) is 10.8 Å². The van der Waals surface area contributed by atoms with Gasteiger partial charge in [0.25, 0.3) is 0 Å². The molecule has 1 amide bonds. The highest BCUT2D eigenvalue weighted by Gasteiger charge is 2.30. The number of amides is 1. The van der Waals surface area contributed by atoms with E-state index in [0.29, 0.717) is 11.8 Å². The van der Waals surface area contributed by atoms with Gasteiger partial charge in [-0.1, -0.05) is 31.0 Å². The van der Waals surface area contributed by atoms with E-state index in [1.165, 1.54) is 12.8 Å². The minimum atomic E-state index is 0.109. The Morgan fingerprint density at radius 3 is 2.62 bits per heavy atom. The molecule has 0 atom stereocenters. The minimum Gasteiger partial charge on any atom is -0.473 e. The summed E-state index contributed by atoms with van der Waals surface area (Å²) in [5.74, 6) is 1.23. The van der Waals surface area contributed by atoms with Crippen LogP contribution in [-0.4, -0.2) is 40.2 Å². The molecule has 5 nitrogen and oxygen atoms in total. The van der Waals surface area contributed by atoms with Crippen molar-refractivity contribution >= 4 is 16.7 Å². The van der Waals surface area contributed by atoms with Gasteiger partial charge in [-0.05, 0) is 18.9 Å². The predicted octanol–water partition coefficient (Wildman–Crippen LogP) is 3.19. The van der Waals surface area contributed by atoms with Gasteiger partial charge in [0, 0.05) is 42.6 Å². The molecule has 126 valence electrons. The third kappa shape index (κ3) is 3.07. The van der Waals surface area contributed by atoms with Crippen LogP contribution in [0.2, 0.25) is 0 Å². The van der Waals surface area contributed by atoms with E-state index in [0.717, 1.165) is 49.5 Å². The second-order valence-corrected chi connectivity index (χ2v) is 6.86. The molecule has 0 unspecified atom stereocenters. The quantitative estimate of drug-likeness (QED) is 0.869. The summed E-state index contributed by atoms with van der Waals surface area (Å²) < 4.78 is 6.11. The summed E-state index contributed by atoms with van der Waals surface area (Å²) in [4.78, 5) is 14.5. The van der Waals surface area contributed by atoms with Gasteiger partial charge in [0.05, 0.1) is 6.20 Å². The molecule has 1 aromatic carbocycles. The summed E-state index contributed by atoms with van der Waals surface area (Å²) in [6.45, 7) is 1.58. The van der Waals surface area contributed by atoms with Gasteiger partial charge in [-0.3, -0.25) is 4.79 Å². The van der Waals surface area contributed by atoms with Crippen molar-refractivity contribution in [3.63, 3.8) is 0 Å². The average molecular weight is 325 g/mol. The van der Waals surface area contributed by atoms with Crippen molar-refractivity contribution in [3.8, 4) is 5.88 Å². The van der Waals surface area contributed by atoms with E-state index < -0.39 is 0 Å². The monoisotopic (exact) mass is 325 g/mol. The van der Waals surface area contributed by atoms with Crippen molar-refractivity contribution in [2.75, 3.05) is 13.1 Å². The molecule has 24 heavy (non-hydrogen) atoms. The van der Waals surface area contributed by atoms with Gasteiger partial charge < -0.3 is 9.64 Å². The molecule has 0 radical (unpaired) electrons. The standard InChI is InChI=1S/C19H23N3O2/c23-19(14-5-1-2-6-14)22-11-9-16(10-12-22)24-18-17-8-4-3-7-15(17)13-20-21-18/h3-4,7-8,13-14,16H,1-2,5-6,9-12H2. The van der Waals surface area contributed by atoms with Crippen molar-refractivity contribution in [2.24, 2.45) is 5.92 Å². The molecule has 2 aliphatic rings. The molecule has 0 N–H and O–H groups in total. The number of benzene rings is 1. The summed E-state index contributed by atoms with van der Waals surface area (Å²) in [6, 6.07) is 8.00. The molecule has 1 aromatic heterocycles. The van der Waals surface area contributed by atoms with Crippen molar-refractivity contribution in [1.29, 1.82) is 0 Å². The van der Waals surface area contributed by atoms with Crippen LogP contribution in [0, 0.1) is 5.92 Å². The highest BCUT2D eigenvalue weighted by Crippen LogP contribution is 2.29. The lowest BCUT2D eigenvalue weighted by atomic mass is 10.0. The second kappa shape index (κ2) is 6.75. The number of rotatable bonds is 3. The van der Waals surface area contributed by atoms with Crippen molar-refractivity contribution in [2.45, 2.75) is 44.6 Å². The fourth-order valence-electron chi connectivity index (χ4n) is 3.87. The lowest BCUT2D eigenvalue weighted by molar-refractivity contribution is -0.137. The second-order valence-electron chi connectivity index (χ2n) is 6.86. The Kier molecular flexibility index (Phi) is 4.32. The fraction of sp³-hybridized carbons (Fsp3) is 0.526. The smallest absolute Gasteiger partial charge is 0.241 e. The van der Waals surface area contributed by atoms with E-state index in [2.05, 4.69) is 10.2 Å². The number of ether oxygens (including phenoxy) is 1. The lowest BCUT2D eigenvalue weighted by Crippen LogP contribution is -2.44. The first-order chi connectivity index (χ1) is 11.8. The highest BCUT2D eigenvalue weighted by molar-refractivity contribution is 5.85. The number of aromatic nitrogens is 2. The van der Waals surface area contributed by atoms with E-state index in [9.17, 15) is 4.79 Å². The Morgan fingerprint density at radius 2 is 1.83 bits per heavy atom. The number of carbonyl (C=O) groups excluding carboxylic acids is 1. The van der Waals surface area contributed by atoms with Crippen LogP contribution in [-0.2, 0) is 4.79 Å². The third-order valence-electron chi connectivity index (χ3n) is 5.27. The normalized spacial score (nSPS) is 19.8. The Balaban J connectivity index is 1.38. The Labute approximate surface area is 142 Å². The molecule has 2 aromatic rings. The number of likely N-dealkylation sites (tertiary alicyclic amines) is 1. The summed E-state index contributed by atoms with van der Waals surface area (Å²) in [5.41, 5.74) is 0. The lowest BCUT2D eigenvalue weighted by Gasteiger charge is -2.33. The van der Waals surface area contributed by atoms with Crippen LogP contribution in [0.1, 0.15) is 38.5 Å². The van der Waals surface area contributed by atoms with Crippen LogP contribution in [0.3, 0.4) is 0 Å². The van der Waals surface area contributed by atoms with Crippen LogP contribution in [0.5, 0.6) is 5.88 Å². The molecule has 1 saturated carbocycles. The number of carbonyl (C=O) groups is 1. The molecule has 1 saturated heterocycles. The molecule has 0 bridgehead atoms. The van der Waals surface area contributed by atoms with Crippen LogP contribution < -0.4 is 4.74 Å². The van der Waals surface area contributed by atoms with Gasteiger partial charge in [-0.15, -0.1) is 5.10 Å². The van der Waals surface area contributed by atoms with Gasteiger partial charge in [-0.2, -0.15) is 5.10 Å². The first-order valence-corrected chi connectivity index (χ1v) is 8.97. The van der Waals surface area contributed by atoms with E-state index in [1.54, 1.807) is 6.20 Å². The maximum Gasteiger partial charge on any atom is 0.241 e. The van der Waals surface area contributed by atoms with Crippen molar-refractivity contribution in [3.05, 3.63) is 30.5 Å². The molecular weight excluding hydrogens is 302 g/mol. The highest BCUT2D eigenvalue weighted by atomic mass is 16.5. The fourth-order valence-corrected chi connectivity index (χ4v) is 3.87. The minimum absolute atomic E-state index is 0.109. The zero-order chi connectivity index (χ0) is 16.4. The Bertz CT molecular complexity index is 714. The maximum atomic E-state index is 12.5. The summed E-state index contributed by atoms with van der Waals surface area (Å²) in [5, 5.41) is 10.2. The Morgan fingerprint density at radius 1 is 1.08 bits per heavy atom. The number of piperidine rings is 1. The Hall–Kier alpha value is -2.17. The summed E-state index contributed by atoms with van der Waals surface area (Å²) >= 11 is 0. The van der Waals surface area contributed by atoms with Gasteiger partial charge in [-0.25, -0.2) is 0 Å². The van der Waals surface area contributed by atoms with Crippen molar-refractivity contribution < 1.29 is 9.53 Å². The largest absolute Gasteiger partial charge is 0.473 e. The first kappa shape index (κ1) is 15.4. The molecule has 2 heterocycles. The van der Waals surface area contributed by atoms with Gasteiger partial charge in [0.2, 0.25) is 11.8 Å². The van der Waals surface area contributed by atoms with Gasteiger partial charge >= 0.3 is 0 Å². The van der Waals surface area contributed by atoms with Gasteiger partial charge in [0.1, 0.15) is 6.10 Å². The molecule has 0 spiro atoms. The third-order valence-corrected chi connectivity index (χ3v) is 5.27. The molecule has 2 fully saturated rings. The van der Waals surface area contributed by atoms with Crippen LogP contribution >= 0.6 is 0 Å². The number of nitrogens with zero attached hydrogens (tertiary/aromatic N) is 3. The summed E-state index contributed by atoms with van der Waals surface area (Å²) in [7, 11) is 0. The van der Waals surface area contributed by atoms with Crippen LogP contribution in [0.4, 0.5) is 0 Å². The predicted molar refractivity (Wildman–Crippen MR) is 91.7 cm³/mol. The number of hydrogen-bond donors (Lipinski definition) is 0.